The van der Waals surface area contributed by atoms with Gasteiger partial charge in [-0.05, 0) is 62.2 Å². The van der Waals surface area contributed by atoms with Gasteiger partial charge in [-0.3, -0.25) is 0 Å². The molecule has 0 fully saturated rings. The lowest BCUT2D eigenvalue weighted by Crippen LogP contribution is -2.23. The van der Waals surface area contributed by atoms with Gasteiger partial charge in [0, 0.05) is 0 Å². The second-order valence-corrected chi connectivity index (χ2v) is 7.43. The maximum atomic E-state index is 3.69. The fraction of sp³-hybridized carbons (Fsp3) is 0.222. The first-order chi connectivity index (χ1) is 10.3. The van der Waals surface area contributed by atoms with Gasteiger partial charge in [0.25, 0.3) is 0 Å². The number of benzene rings is 2. The molecule has 0 spiro atoms. The van der Waals surface area contributed by atoms with E-state index in [9.17, 15) is 0 Å². The van der Waals surface area contributed by atoms with Crippen LogP contribution in [0, 0.1) is 0 Å². The van der Waals surface area contributed by atoms with Crippen molar-refractivity contribution in [3.05, 3.63) is 68.8 Å². The molecule has 0 aliphatic carbocycles. The number of rotatable bonds is 5. The van der Waals surface area contributed by atoms with Gasteiger partial charge in [0.1, 0.15) is 0 Å². The van der Waals surface area contributed by atoms with Gasteiger partial charge < -0.3 is 5.32 Å². The molecular formula is C18H18BrNS. The molecule has 1 unspecified atom stereocenters. The number of hydrogen-bond donors (Lipinski definition) is 1. The molecule has 3 heteroatoms. The van der Waals surface area contributed by atoms with E-state index in [1.165, 1.54) is 25.7 Å². The van der Waals surface area contributed by atoms with Crippen molar-refractivity contribution in [1.29, 1.82) is 0 Å². The SMILES string of the molecule is CCCNC(c1csc(Br)c1)c1cccc2ccccc12. The third kappa shape index (κ3) is 3.20. The third-order valence-electron chi connectivity index (χ3n) is 3.65. The highest BCUT2D eigenvalue weighted by molar-refractivity contribution is 9.11. The van der Waals surface area contributed by atoms with E-state index in [0.29, 0.717) is 0 Å². The molecular weight excluding hydrogens is 342 g/mol. The molecule has 1 nitrogen and oxygen atoms in total. The minimum Gasteiger partial charge on any atom is -0.306 e. The summed E-state index contributed by atoms with van der Waals surface area (Å²) in [6.45, 7) is 3.22. The number of fused-ring (bicyclic) bond motifs is 1. The summed E-state index contributed by atoms with van der Waals surface area (Å²) < 4.78 is 1.18. The summed E-state index contributed by atoms with van der Waals surface area (Å²) in [4.78, 5) is 0. The summed E-state index contributed by atoms with van der Waals surface area (Å²) in [5.74, 6) is 0. The van der Waals surface area contributed by atoms with Crippen molar-refractivity contribution in [3.8, 4) is 0 Å². The van der Waals surface area contributed by atoms with Crippen LogP contribution >= 0.6 is 27.3 Å². The molecule has 1 N–H and O–H groups in total. The molecule has 0 aliphatic rings. The Morgan fingerprint density at radius 1 is 1.14 bits per heavy atom. The Hall–Kier alpha value is -1.16. The van der Waals surface area contributed by atoms with E-state index in [1.54, 1.807) is 11.3 Å². The van der Waals surface area contributed by atoms with Crippen LogP contribution in [-0.4, -0.2) is 6.54 Å². The standard InChI is InChI=1S/C18H18BrNS/c1-2-10-20-18(14-11-17(19)21-12-14)16-9-5-7-13-6-3-4-8-15(13)16/h3-9,11-12,18,20H,2,10H2,1H3. The van der Waals surface area contributed by atoms with Crippen molar-refractivity contribution >= 4 is 38.0 Å². The smallest absolute Gasteiger partial charge is 0.0701 e. The predicted molar refractivity (Wildman–Crippen MR) is 96.1 cm³/mol. The normalized spacial score (nSPS) is 12.7. The monoisotopic (exact) mass is 359 g/mol. The molecule has 1 heterocycles. The maximum absolute atomic E-state index is 3.69. The molecule has 0 saturated carbocycles. The maximum Gasteiger partial charge on any atom is 0.0701 e. The lowest BCUT2D eigenvalue weighted by molar-refractivity contribution is 0.603. The van der Waals surface area contributed by atoms with Crippen LogP contribution in [0.4, 0.5) is 0 Å². The highest BCUT2D eigenvalue weighted by atomic mass is 79.9. The molecule has 108 valence electrons. The Morgan fingerprint density at radius 2 is 1.95 bits per heavy atom. The summed E-state index contributed by atoms with van der Waals surface area (Å²) in [6, 6.07) is 17.7. The first-order valence-electron chi connectivity index (χ1n) is 7.24. The van der Waals surface area contributed by atoms with Crippen LogP contribution in [-0.2, 0) is 0 Å². The molecule has 0 bridgehead atoms. The molecule has 2 aromatic carbocycles. The van der Waals surface area contributed by atoms with E-state index in [0.717, 1.165) is 13.0 Å². The average molecular weight is 360 g/mol. The van der Waals surface area contributed by atoms with Gasteiger partial charge in [-0.2, -0.15) is 0 Å². The number of thiophene rings is 1. The van der Waals surface area contributed by atoms with E-state index < -0.39 is 0 Å². The summed E-state index contributed by atoms with van der Waals surface area (Å²) in [6.07, 6.45) is 1.13. The zero-order valence-electron chi connectivity index (χ0n) is 12.0. The van der Waals surface area contributed by atoms with Crippen molar-refractivity contribution < 1.29 is 0 Å². The van der Waals surface area contributed by atoms with Crippen LogP contribution in [0.15, 0.2) is 57.7 Å². The molecule has 0 aliphatic heterocycles. The molecule has 1 aromatic heterocycles. The fourth-order valence-corrected chi connectivity index (χ4v) is 3.87. The van der Waals surface area contributed by atoms with Gasteiger partial charge in [0.15, 0.2) is 0 Å². The summed E-state index contributed by atoms with van der Waals surface area (Å²) in [5.41, 5.74) is 2.68. The summed E-state index contributed by atoms with van der Waals surface area (Å²) >= 11 is 5.32. The van der Waals surface area contributed by atoms with Crippen LogP contribution in [0.3, 0.4) is 0 Å². The molecule has 0 radical (unpaired) electrons. The summed E-state index contributed by atoms with van der Waals surface area (Å²) in [5, 5.41) is 8.56. The van der Waals surface area contributed by atoms with E-state index in [1.807, 2.05) is 0 Å². The van der Waals surface area contributed by atoms with Crippen LogP contribution in [0.1, 0.15) is 30.5 Å². The van der Waals surface area contributed by atoms with Crippen molar-refractivity contribution in [1.82, 2.24) is 5.32 Å². The number of hydrogen-bond acceptors (Lipinski definition) is 2. The van der Waals surface area contributed by atoms with Crippen LogP contribution in [0.5, 0.6) is 0 Å². The third-order valence-corrected chi connectivity index (χ3v) is 5.18. The van der Waals surface area contributed by atoms with E-state index in [-0.39, 0.29) is 6.04 Å². The minimum absolute atomic E-state index is 0.249. The molecule has 0 saturated heterocycles. The molecule has 3 rings (SSSR count). The number of halogens is 1. The fourth-order valence-electron chi connectivity index (χ4n) is 2.67. The van der Waals surface area contributed by atoms with Crippen molar-refractivity contribution in [2.45, 2.75) is 19.4 Å². The Labute approximate surface area is 138 Å². The topological polar surface area (TPSA) is 12.0 Å². The molecule has 21 heavy (non-hydrogen) atoms. The van der Waals surface area contributed by atoms with Crippen LogP contribution in [0.25, 0.3) is 10.8 Å². The van der Waals surface area contributed by atoms with E-state index >= 15 is 0 Å². The van der Waals surface area contributed by atoms with Gasteiger partial charge in [0.05, 0.1) is 9.83 Å². The Bertz CT molecular complexity index is 729. The van der Waals surface area contributed by atoms with Gasteiger partial charge in [-0.25, -0.2) is 0 Å². The zero-order valence-corrected chi connectivity index (χ0v) is 14.4. The molecule has 1 atom stereocenters. The van der Waals surface area contributed by atoms with E-state index in [4.69, 9.17) is 0 Å². The van der Waals surface area contributed by atoms with Crippen LogP contribution < -0.4 is 5.32 Å². The first-order valence-corrected chi connectivity index (χ1v) is 8.92. The molecule has 0 amide bonds. The second kappa shape index (κ2) is 6.73. The Balaban J connectivity index is 2.09. The van der Waals surface area contributed by atoms with Gasteiger partial charge in [-0.15, -0.1) is 11.3 Å². The largest absolute Gasteiger partial charge is 0.306 e. The summed E-state index contributed by atoms with van der Waals surface area (Å²) in [7, 11) is 0. The zero-order chi connectivity index (χ0) is 14.7. The van der Waals surface area contributed by atoms with Gasteiger partial charge >= 0.3 is 0 Å². The Morgan fingerprint density at radius 3 is 2.71 bits per heavy atom. The first kappa shape index (κ1) is 14.8. The minimum atomic E-state index is 0.249. The quantitative estimate of drug-likeness (QED) is 0.611. The second-order valence-electron chi connectivity index (χ2n) is 5.14. The van der Waals surface area contributed by atoms with E-state index in [2.05, 4.69) is 82.1 Å². The predicted octanol–water partition coefficient (Wildman–Crippen LogP) is 5.75. The average Bonchev–Trinajstić information content (AvgIpc) is 2.94. The van der Waals surface area contributed by atoms with Crippen molar-refractivity contribution in [2.75, 3.05) is 6.54 Å². The highest BCUT2D eigenvalue weighted by Crippen LogP contribution is 2.33. The Kier molecular flexibility index (Phi) is 4.73. The lowest BCUT2D eigenvalue weighted by Gasteiger charge is -2.20. The van der Waals surface area contributed by atoms with Gasteiger partial charge in [0.2, 0.25) is 0 Å². The van der Waals surface area contributed by atoms with Crippen molar-refractivity contribution in [2.24, 2.45) is 0 Å². The van der Waals surface area contributed by atoms with Crippen LogP contribution in [0.2, 0.25) is 0 Å². The number of nitrogens with one attached hydrogen (secondary N) is 1. The van der Waals surface area contributed by atoms with Gasteiger partial charge in [-0.1, -0.05) is 49.4 Å². The van der Waals surface area contributed by atoms with Crippen molar-refractivity contribution in [3.63, 3.8) is 0 Å². The molecule has 3 aromatic rings. The lowest BCUT2D eigenvalue weighted by atomic mass is 9.95. The highest BCUT2D eigenvalue weighted by Gasteiger charge is 2.17.